The number of halogens is 2. The third kappa shape index (κ3) is 4.95. The number of pyridine rings is 1. The van der Waals surface area contributed by atoms with Gasteiger partial charge in [0.15, 0.2) is 5.82 Å². The summed E-state index contributed by atoms with van der Waals surface area (Å²) in [5.74, 6) is -1.03. The molecule has 0 spiro atoms. The summed E-state index contributed by atoms with van der Waals surface area (Å²) in [6.45, 7) is 3.58. The van der Waals surface area contributed by atoms with E-state index in [1.807, 2.05) is 6.92 Å². The Balaban J connectivity index is 2.21. The van der Waals surface area contributed by atoms with Crippen molar-refractivity contribution in [1.29, 1.82) is 0 Å². The number of rotatable bonds is 9. The highest BCUT2D eigenvalue weighted by molar-refractivity contribution is 5.70. The first-order valence-electron chi connectivity index (χ1n) is 7.51. The predicted molar refractivity (Wildman–Crippen MR) is 88.6 cm³/mol. The number of nitrogens with one attached hydrogen (secondary N) is 2. The van der Waals surface area contributed by atoms with Crippen molar-refractivity contribution in [3.8, 4) is 11.3 Å². The fourth-order valence-corrected chi connectivity index (χ4v) is 2.08. The molecule has 0 unspecified atom stereocenters. The van der Waals surface area contributed by atoms with Crippen molar-refractivity contribution in [2.45, 2.75) is 13.3 Å². The molecule has 0 atom stereocenters. The Morgan fingerprint density at radius 2 is 1.92 bits per heavy atom. The van der Waals surface area contributed by atoms with E-state index in [-0.39, 0.29) is 0 Å². The van der Waals surface area contributed by atoms with E-state index in [1.165, 1.54) is 12.1 Å². The van der Waals surface area contributed by atoms with Gasteiger partial charge in [-0.2, -0.15) is 0 Å². The summed E-state index contributed by atoms with van der Waals surface area (Å²) < 4.78 is 32.1. The van der Waals surface area contributed by atoms with Gasteiger partial charge in [0.1, 0.15) is 17.3 Å². The van der Waals surface area contributed by atoms with Gasteiger partial charge in [0.05, 0.1) is 17.6 Å². The second-order valence-corrected chi connectivity index (χ2v) is 4.99. The lowest BCUT2D eigenvalue weighted by Gasteiger charge is -2.12. The van der Waals surface area contributed by atoms with Gasteiger partial charge in [-0.3, -0.25) is 0 Å². The van der Waals surface area contributed by atoms with Crippen molar-refractivity contribution < 1.29 is 13.5 Å². The average molecular weight is 336 g/mol. The van der Waals surface area contributed by atoms with Crippen molar-refractivity contribution in [3.05, 3.63) is 46.9 Å². The van der Waals surface area contributed by atoms with Gasteiger partial charge in [-0.25, -0.2) is 19.2 Å². The van der Waals surface area contributed by atoms with Crippen LogP contribution in [0.2, 0.25) is 0 Å². The standard InChI is InChI=1S/C16H18F2N4O2/c1-2-6-24-7-5-19-16-15(21-22-23)4-3-14(20-16)11-8-12(17)10-13(18)9-11/h3-4,8-10H,2,5-7H2,1H3,(H,19,20)(H,21,23). The summed E-state index contributed by atoms with van der Waals surface area (Å²) in [5.41, 5.74) is 3.30. The molecule has 6 nitrogen and oxygen atoms in total. The maximum Gasteiger partial charge on any atom is 0.152 e. The highest BCUT2D eigenvalue weighted by Gasteiger charge is 2.09. The molecule has 0 bridgehead atoms. The predicted octanol–water partition coefficient (Wildman–Crippen LogP) is 3.96. The van der Waals surface area contributed by atoms with Crippen molar-refractivity contribution in [1.82, 2.24) is 4.98 Å². The number of nitrogens with zero attached hydrogens (tertiary/aromatic N) is 2. The van der Waals surface area contributed by atoms with Crippen LogP contribution in [-0.4, -0.2) is 24.7 Å². The Labute approximate surface area is 138 Å². The first-order valence-corrected chi connectivity index (χ1v) is 7.51. The van der Waals surface area contributed by atoms with Crippen LogP contribution >= 0.6 is 0 Å². The highest BCUT2D eigenvalue weighted by atomic mass is 19.1. The third-order valence-corrected chi connectivity index (χ3v) is 3.11. The summed E-state index contributed by atoms with van der Waals surface area (Å²) in [7, 11) is 0. The molecule has 0 aliphatic rings. The lowest BCUT2D eigenvalue weighted by Crippen LogP contribution is -2.12. The number of hydrogen-bond donors (Lipinski definition) is 2. The molecule has 2 N–H and O–H groups in total. The largest absolute Gasteiger partial charge is 0.380 e. The van der Waals surface area contributed by atoms with Gasteiger partial charge >= 0.3 is 0 Å². The zero-order chi connectivity index (χ0) is 17.4. The Hall–Kier alpha value is -2.61. The van der Waals surface area contributed by atoms with E-state index in [1.54, 1.807) is 12.1 Å². The van der Waals surface area contributed by atoms with Gasteiger partial charge in [-0.15, -0.1) is 4.91 Å². The van der Waals surface area contributed by atoms with Crippen LogP contribution in [0.1, 0.15) is 13.3 Å². The van der Waals surface area contributed by atoms with Crippen LogP contribution in [-0.2, 0) is 4.74 Å². The summed E-state index contributed by atoms with van der Waals surface area (Å²) >= 11 is 0. The molecular formula is C16H18F2N4O2. The van der Waals surface area contributed by atoms with E-state index in [2.05, 4.69) is 21.0 Å². The van der Waals surface area contributed by atoms with E-state index in [4.69, 9.17) is 4.74 Å². The number of benzene rings is 1. The van der Waals surface area contributed by atoms with Crippen LogP contribution in [0, 0.1) is 16.5 Å². The molecule has 8 heteroatoms. The molecular weight excluding hydrogens is 318 g/mol. The number of anilines is 2. The first-order chi connectivity index (χ1) is 11.6. The van der Waals surface area contributed by atoms with E-state index in [9.17, 15) is 13.7 Å². The van der Waals surface area contributed by atoms with Crippen LogP contribution in [0.4, 0.5) is 20.3 Å². The molecule has 0 saturated carbocycles. The second kappa shape index (κ2) is 8.88. The molecule has 0 radical (unpaired) electrons. The normalized spacial score (nSPS) is 10.5. The van der Waals surface area contributed by atoms with Crippen LogP contribution < -0.4 is 10.7 Å². The van der Waals surface area contributed by atoms with Crippen molar-refractivity contribution in [2.24, 2.45) is 5.29 Å². The molecule has 24 heavy (non-hydrogen) atoms. The zero-order valence-corrected chi connectivity index (χ0v) is 13.2. The zero-order valence-electron chi connectivity index (χ0n) is 13.2. The molecule has 1 heterocycles. The number of ether oxygens (including phenoxy) is 1. The Morgan fingerprint density at radius 3 is 2.58 bits per heavy atom. The molecule has 0 saturated heterocycles. The summed E-state index contributed by atoms with van der Waals surface area (Å²) in [4.78, 5) is 14.7. The molecule has 0 aliphatic carbocycles. The van der Waals surface area contributed by atoms with Gasteiger partial charge in [-0.05, 0) is 30.7 Å². The van der Waals surface area contributed by atoms with Gasteiger partial charge in [0.25, 0.3) is 0 Å². The van der Waals surface area contributed by atoms with E-state index >= 15 is 0 Å². The smallest absolute Gasteiger partial charge is 0.152 e. The Kier molecular flexibility index (Phi) is 6.56. The maximum absolute atomic E-state index is 13.4. The lowest BCUT2D eigenvalue weighted by atomic mass is 10.1. The number of aromatic nitrogens is 1. The SMILES string of the molecule is CCCOCCNc1nc(-c2cc(F)cc(F)c2)ccc1NN=O. The fourth-order valence-electron chi connectivity index (χ4n) is 2.08. The molecule has 1 aromatic heterocycles. The maximum atomic E-state index is 13.4. The van der Waals surface area contributed by atoms with Gasteiger partial charge in [0.2, 0.25) is 0 Å². The van der Waals surface area contributed by atoms with Crippen LogP contribution in [0.5, 0.6) is 0 Å². The van der Waals surface area contributed by atoms with Crippen LogP contribution in [0.25, 0.3) is 11.3 Å². The van der Waals surface area contributed by atoms with Crippen molar-refractivity contribution in [3.63, 3.8) is 0 Å². The van der Waals surface area contributed by atoms with Gasteiger partial charge in [-0.1, -0.05) is 6.92 Å². The lowest BCUT2D eigenvalue weighted by molar-refractivity contribution is 0.144. The van der Waals surface area contributed by atoms with Gasteiger partial charge in [0, 0.05) is 24.8 Å². The molecule has 0 amide bonds. The first kappa shape index (κ1) is 17.7. The Morgan fingerprint density at radius 1 is 1.17 bits per heavy atom. The third-order valence-electron chi connectivity index (χ3n) is 3.11. The van der Waals surface area contributed by atoms with Crippen molar-refractivity contribution >= 4 is 11.5 Å². The summed E-state index contributed by atoms with van der Waals surface area (Å²) in [6, 6.07) is 6.26. The minimum absolute atomic E-state index is 0.295. The monoisotopic (exact) mass is 336 g/mol. The van der Waals surface area contributed by atoms with E-state index in [0.29, 0.717) is 42.5 Å². The summed E-state index contributed by atoms with van der Waals surface area (Å²) in [5, 5.41) is 5.64. The van der Waals surface area contributed by atoms with Gasteiger partial charge < -0.3 is 10.1 Å². The minimum atomic E-state index is -0.689. The number of nitroso groups, excluding NO2 is 1. The van der Waals surface area contributed by atoms with Crippen LogP contribution in [0.3, 0.4) is 0 Å². The molecule has 0 aliphatic heterocycles. The van der Waals surface area contributed by atoms with E-state index in [0.717, 1.165) is 12.5 Å². The average Bonchev–Trinajstić information content (AvgIpc) is 2.55. The second-order valence-electron chi connectivity index (χ2n) is 4.99. The molecule has 1 aromatic carbocycles. The minimum Gasteiger partial charge on any atom is -0.380 e. The fraction of sp³-hybridized carbons (Fsp3) is 0.312. The number of hydrogen-bond acceptors (Lipinski definition) is 5. The summed E-state index contributed by atoms with van der Waals surface area (Å²) in [6.07, 6.45) is 0.917. The highest BCUT2D eigenvalue weighted by Crippen LogP contribution is 2.26. The quantitative estimate of drug-likeness (QED) is 0.412. The molecule has 128 valence electrons. The topological polar surface area (TPSA) is 75.6 Å². The van der Waals surface area contributed by atoms with Crippen molar-refractivity contribution in [2.75, 3.05) is 30.5 Å². The molecule has 0 fully saturated rings. The molecule has 2 aromatic rings. The van der Waals surface area contributed by atoms with Crippen LogP contribution in [0.15, 0.2) is 35.6 Å². The Bertz CT molecular complexity index is 678. The molecule has 2 rings (SSSR count). The van der Waals surface area contributed by atoms with E-state index < -0.39 is 11.6 Å².